The number of hydrogen-bond acceptors (Lipinski definition) is 4. The van der Waals surface area contributed by atoms with E-state index in [9.17, 15) is 18.5 Å². The van der Waals surface area contributed by atoms with Gasteiger partial charge in [0.25, 0.3) is 5.69 Å². The Balaban J connectivity index is 3.20. The van der Waals surface area contributed by atoms with Crippen molar-refractivity contribution in [3.8, 4) is 12.3 Å². The van der Waals surface area contributed by atoms with Crippen LogP contribution >= 0.6 is 0 Å². The average Bonchev–Trinajstić information content (AvgIpc) is 2.37. The van der Waals surface area contributed by atoms with Crippen molar-refractivity contribution in [2.45, 2.75) is 37.6 Å². The quantitative estimate of drug-likeness (QED) is 0.494. The van der Waals surface area contributed by atoms with E-state index in [1.165, 1.54) is 25.1 Å². The molecule has 1 atom stereocenters. The smallest absolute Gasteiger partial charge is 0.258 e. The summed E-state index contributed by atoms with van der Waals surface area (Å²) in [6.07, 6.45) is 6.51. The Morgan fingerprint density at radius 1 is 1.50 bits per heavy atom. The Kier molecular flexibility index (Phi) is 5.25. The van der Waals surface area contributed by atoms with Gasteiger partial charge in [-0.25, -0.2) is 8.42 Å². The van der Waals surface area contributed by atoms with Crippen molar-refractivity contribution < 1.29 is 13.3 Å². The van der Waals surface area contributed by atoms with Crippen molar-refractivity contribution >= 4 is 15.7 Å². The second-order valence-electron chi connectivity index (χ2n) is 4.29. The van der Waals surface area contributed by atoms with Gasteiger partial charge in [0, 0.05) is 11.6 Å². The first-order valence-electron chi connectivity index (χ1n) is 6.06. The summed E-state index contributed by atoms with van der Waals surface area (Å²) in [4.78, 5) is 10.1. The van der Waals surface area contributed by atoms with Crippen LogP contribution in [0.25, 0.3) is 0 Å². The molecule has 0 radical (unpaired) electrons. The maximum atomic E-state index is 12.2. The van der Waals surface area contributed by atoms with Crippen molar-refractivity contribution in [1.29, 1.82) is 0 Å². The highest BCUT2D eigenvalue weighted by Gasteiger charge is 2.24. The summed E-state index contributed by atoms with van der Waals surface area (Å²) in [5, 5.41) is 10.8. The number of nitro groups is 1. The average molecular weight is 296 g/mol. The van der Waals surface area contributed by atoms with E-state index in [4.69, 9.17) is 6.42 Å². The number of sulfonamides is 1. The lowest BCUT2D eigenvalue weighted by Crippen LogP contribution is -2.34. The van der Waals surface area contributed by atoms with Crippen LogP contribution in [-0.2, 0) is 10.0 Å². The summed E-state index contributed by atoms with van der Waals surface area (Å²) in [6.45, 7) is 3.29. The van der Waals surface area contributed by atoms with Gasteiger partial charge in [-0.05, 0) is 19.4 Å². The lowest BCUT2D eigenvalue weighted by Gasteiger charge is -2.14. The molecule has 0 amide bonds. The zero-order valence-electron chi connectivity index (χ0n) is 11.3. The van der Waals surface area contributed by atoms with Gasteiger partial charge in [-0.3, -0.25) is 10.1 Å². The van der Waals surface area contributed by atoms with Crippen LogP contribution in [0, 0.1) is 29.4 Å². The van der Waals surface area contributed by atoms with Crippen LogP contribution in [0.5, 0.6) is 0 Å². The van der Waals surface area contributed by atoms with Gasteiger partial charge in [-0.1, -0.05) is 25.3 Å². The van der Waals surface area contributed by atoms with E-state index in [-0.39, 0.29) is 16.1 Å². The van der Waals surface area contributed by atoms with Crippen LogP contribution in [0.3, 0.4) is 0 Å². The fourth-order valence-corrected chi connectivity index (χ4v) is 3.26. The molecule has 6 nitrogen and oxygen atoms in total. The molecule has 0 spiro atoms. The number of nitrogens with zero attached hydrogens (tertiary/aromatic N) is 1. The Hall–Kier alpha value is -1.91. The topological polar surface area (TPSA) is 89.3 Å². The van der Waals surface area contributed by atoms with E-state index in [2.05, 4.69) is 10.6 Å². The van der Waals surface area contributed by atoms with Gasteiger partial charge in [-0.15, -0.1) is 6.42 Å². The lowest BCUT2D eigenvalue weighted by atomic mass is 10.2. The number of hydrogen-bond donors (Lipinski definition) is 1. The van der Waals surface area contributed by atoms with Crippen LogP contribution in [-0.4, -0.2) is 19.4 Å². The maximum absolute atomic E-state index is 12.2. The molecule has 1 rings (SSSR count). The molecular formula is C13H16N2O4S. The SMILES string of the molecule is C#CC(CCC)NS(=O)(=O)c1cccc([N+](=O)[O-])c1C. The minimum atomic E-state index is -3.88. The molecule has 7 heteroatoms. The highest BCUT2D eigenvalue weighted by molar-refractivity contribution is 7.89. The van der Waals surface area contributed by atoms with Crippen molar-refractivity contribution in [2.75, 3.05) is 0 Å². The van der Waals surface area contributed by atoms with Gasteiger partial charge >= 0.3 is 0 Å². The Morgan fingerprint density at radius 2 is 2.15 bits per heavy atom. The van der Waals surface area contributed by atoms with E-state index in [0.717, 1.165) is 6.42 Å². The molecule has 0 fully saturated rings. The summed E-state index contributed by atoms with van der Waals surface area (Å²) in [6, 6.07) is 3.30. The maximum Gasteiger partial charge on any atom is 0.273 e. The van der Waals surface area contributed by atoms with E-state index in [0.29, 0.717) is 6.42 Å². The molecule has 0 saturated heterocycles. The van der Waals surface area contributed by atoms with E-state index < -0.39 is 21.0 Å². The summed E-state index contributed by atoms with van der Waals surface area (Å²) >= 11 is 0. The van der Waals surface area contributed by atoms with Crippen LogP contribution in [0.4, 0.5) is 5.69 Å². The summed E-state index contributed by atoms with van der Waals surface area (Å²) < 4.78 is 26.9. The zero-order valence-corrected chi connectivity index (χ0v) is 12.1. The minimum absolute atomic E-state index is 0.0947. The van der Waals surface area contributed by atoms with E-state index >= 15 is 0 Å². The highest BCUT2D eigenvalue weighted by atomic mass is 32.2. The molecule has 20 heavy (non-hydrogen) atoms. The van der Waals surface area contributed by atoms with Crippen LogP contribution in [0.15, 0.2) is 23.1 Å². The predicted molar refractivity (Wildman–Crippen MR) is 75.7 cm³/mol. The van der Waals surface area contributed by atoms with Crippen molar-refractivity contribution in [1.82, 2.24) is 4.72 Å². The molecule has 0 heterocycles. The van der Waals surface area contributed by atoms with Crippen molar-refractivity contribution in [2.24, 2.45) is 0 Å². The predicted octanol–water partition coefficient (Wildman–Crippen LogP) is 1.98. The molecule has 0 saturated carbocycles. The molecule has 0 aliphatic carbocycles. The Labute approximate surface area is 118 Å². The lowest BCUT2D eigenvalue weighted by molar-refractivity contribution is -0.385. The molecule has 1 aromatic rings. The van der Waals surface area contributed by atoms with Crippen LogP contribution in [0.1, 0.15) is 25.3 Å². The van der Waals surface area contributed by atoms with Gasteiger partial charge in [0.05, 0.1) is 15.9 Å². The first-order valence-corrected chi connectivity index (χ1v) is 7.54. The molecule has 0 bridgehead atoms. The fraction of sp³-hybridized carbons (Fsp3) is 0.385. The molecule has 0 aliphatic rings. The largest absolute Gasteiger partial charge is 0.273 e. The van der Waals surface area contributed by atoms with Gasteiger partial charge in [0.2, 0.25) is 10.0 Å². The molecule has 108 valence electrons. The molecular weight excluding hydrogens is 280 g/mol. The third-order valence-electron chi connectivity index (χ3n) is 2.82. The summed E-state index contributed by atoms with van der Waals surface area (Å²) in [5.41, 5.74) is -0.141. The van der Waals surface area contributed by atoms with Gasteiger partial charge < -0.3 is 0 Å². The monoisotopic (exact) mass is 296 g/mol. The Bertz CT molecular complexity index is 647. The zero-order chi connectivity index (χ0) is 15.3. The summed E-state index contributed by atoms with van der Waals surface area (Å²) in [7, 11) is -3.88. The Morgan fingerprint density at radius 3 is 2.65 bits per heavy atom. The van der Waals surface area contributed by atoms with Crippen LogP contribution in [0.2, 0.25) is 0 Å². The highest BCUT2D eigenvalue weighted by Crippen LogP contribution is 2.24. The summed E-state index contributed by atoms with van der Waals surface area (Å²) in [5.74, 6) is 2.36. The van der Waals surface area contributed by atoms with E-state index in [1.54, 1.807) is 0 Å². The fourth-order valence-electron chi connectivity index (χ4n) is 1.81. The standard InChI is InChI=1S/C13H16N2O4S/c1-4-7-11(5-2)14-20(18,19)13-9-6-8-12(10(13)3)15(16)17/h2,6,8-9,11,14H,4,7H2,1,3H3. The number of nitro benzene ring substituents is 1. The molecule has 1 aromatic carbocycles. The van der Waals surface area contributed by atoms with Gasteiger partial charge in [0.15, 0.2) is 0 Å². The first kappa shape index (κ1) is 16.1. The molecule has 1 unspecified atom stereocenters. The third kappa shape index (κ3) is 3.56. The molecule has 0 aromatic heterocycles. The van der Waals surface area contributed by atoms with Crippen LogP contribution < -0.4 is 4.72 Å². The molecule has 1 N–H and O–H groups in total. The number of rotatable bonds is 6. The molecule has 0 aliphatic heterocycles. The van der Waals surface area contributed by atoms with Gasteiger partial charge in [-0.2, -0.15) is 4.72 Å². The normalized spacial score (nSPS) is 12.7. The number of nitrogens with one attached hydrogen (secondary N) is 1. The third-order valence-corrected chi connectivity index (χ3v) is 4.43. The van der Waals surface area contributed by atoms with Gasteiger partial charge in [0.1, 0.15) is 0 Å². The second kappa shape index (κ2) is 6.50. The van der Waals surface area contributed by atoms with E-state index in [1.807, 2.05) is 6.92 Å². The van der Waals surface area contributed by atoms with Crippen molar-refractivity contribution in [3.63, 3.8) is 0 Å². The number of benzene rings is 1. The number of terminal acetylenes is 1. The minimum Gasteiger partial charge on any atom is -0.258 e. The second-order valence-corrected chi connectivity index (χ2v) is 5.97. The van der Waals surface area contributed by atoms with Crippen molar-refractivity contribution in [3.05, 3.63) is 33.9 Å². The first-order chi connectivity index (χ1) is 9.33.